The van der Waals surface area contributed by atoms with Gasteiger partial charge in [0.2, 0.25) is 0 Å². The number of likely N-dealkylation sites (N-methyl/N-ethyl adjacent to an activating group) is 1. The second-order valence-corrected chi connectivity index (χ2v) is 6.19. The number of hydrogen-bond acceptors (Lipinski definition) is 5. The van der Waals surface area contributed by atoms with Crippen LogP contribution in [0.1, 0.15) is 21.0 Å². The van der Waals surface area contributed by atoms with Gasteiger partial charge in [0.1, 0.15) is 17.1 Å². The Labute approximate surface area is 152 Å². The number of pyridine rings is 1. The van der Waals surface area contributed by atoms with Crippen LogP contribution < -0.4 is 10.1 Å². The van der Waals surface area contributed by atoms with Crippen LogP contribution in [0.5, 0.6) is 5.75 Å². The van der Waals surface area contributed by atoms with Gasteiger partial charge in [-0.1, -0.05) is 6.07 Å². The van der Waals surface area contributed by atoms with Crippen molar-refractivity contribution in [1.82, 2.24) is 14.8 Å². The first kappa shape index (κ1) is 17.9. The molecule has 0 bridgehead atoms. The molecule has 7 heteroatoms. The Morgan fingerprint density at radius 2 is 1.65 bits per heavy atom. The number of carbonyl (C=O) groups excluding carboxylic acids is 2. The van der Waals surface area contributed by atoms with E-state index >= 15 is 0 Å². The number of ether oxygens (including phenoxy) is 1. The molecule has 0 atom stereocenters. The number of aromatic nitrogens is 1. The molecule has 1 fully saturated rings. The third-order valence-electron chi connectivity index (χ3n) is 4.34. The van der Waals surface area contributed by atoms with Crippen LogP contribution in [0, 0.1) is 0 Å². The summed E-state index contributed by atoms with van der Waals surface area (Å²) in [7, 11) is 3.62. The molecule has 0 spiro atoms. The average Bonchev–Trinajstić information content (AvgIpc) is 2.68. The lowest BCUT2D eigenvalue weighted by Gasteiger charge is -2.32. The predicted molar refractivity (Wildman–Crippen MR) is 98.6 cm³/mol. The highest BCUT2D eigenvalue weighted by molar-refractivity contribution is 6.03. The topological polar surface area (TPSA) is 74.8 Å². The minimum Gasteiger partial charge on any atom is -0.497 e. The number of hydrogen-bond donors (Lipinski definition) is 1. The highest BCUT2D eigenvalue weighted by Gasteiger charge is 2.22. The van der Waals surface area contributed by atoms with Crippen LogP contribution in [-0.2, 0) is 0 Å². The minimum atomic E-state index is -0.358. The van der Waals surface area contributed by atoms with Gasteiger partial charge >= 0.3 is 0 Å². The van der Waals surface area contributed by atoms with Crippen molar-refractivity contribution in [3.63, 3.8) is 0 Å². The summed E-state index contributed by atoms with van der Waals surface area (Å²) < 4.78 is 5.09. The van der Waals surface area contributed by atoms with Crippen LogP contribution in [0.2, 0.25) is 0 Å². The molecule has 1 N–H and O–H groups in total. The fraction of sp³-hybridized carbons (Fsp3) is 0.316. The van der Waals surface area contributed by atoms with Crippen molar-refractivity contribution >= 4 is 17.5 Å². The number of rotatable bonds is 4. The van der Waals surface area contributed by atoms with Crippen LogP contribution in [0.4, 0.5) is 5.69 Å². The van der Waals surface area contributed by atoms with Crippen molar-refractivity contribution < 1.29 is 14.3 Å². The predicted octanol–water partition coefficient (Wildman–Crippen LogP) is 1.73. The van der Waals surface area contributed by atoms with Gasteiger partial charge in [-0.05, 0) is 43.4 Å². The molecular weight excluding hydrogens is 332 g/mol. The van der Waals surface area contributed by atoms with Gasteiger partial charge in [0.15, 0.2) is 0 Å². The number of nitrogens with one attached hydrogen (secondary N) is 1. The maximum atomic E-state index is 12.6. The number of methoxy groups -OCH3 is 1. The van der Waals surface area contributed by atoms with Crippen molar-refractivity contribution in [1.29, 1.82) is 0 Å². The van der Waals surface area contributed by atoms with E-state index in [0.717, 1.165) is 13.1 Å². The quantitative estimate of drug-likeness (QED) is 0.905. The van der Waals surface area contributed by atoms with Gasteiger partial charge in [0, 0.05) is 31.9 Å². The van der Waals surface area contributed by atoms with Crippen LogP contribution in [-0.4, -0.2) is 66.9 Å². The zero-order chi connectivity index (χ0) is 18.5. The summed E-state index contributed by atoms with van der Waals surface area (Å²) in [6, 6.07) is 11.9. The standard InChI is InChI=1S/C19H22N4O3/c1-22-10-12-23(13-11-22)19(25)17-5-3-4-16(21-17)18(24)20-14-6-8-15(26-2)9-7-14/h3-9H,10-13H2,1-2H3,(H,20,24). The number of benzene rings is 1. The number of carbonyl (C=O) groups is 2. The molecule has 136 valence electrons. The van der Waals surface area contributed by atoms with Crippen molar-refractivity contribution in [2.45, 2.75) is 0 Å². The highest BCUT2D eigenvalue weighted by atomic mass is 16.5. The average molecular weight is 354 g/mol. The first-order valence-electron chi connectivity index (χ1n) is 8.47. The normalized spacial score (nSPS) is 14.8. The van der Waals surface area contributed by atoms with Crippen molar-refractivity contribution in [2.24, 2.45) is 0 Å². The van der Waals surface area contributed by atoms with Gasteiger partial charge in [0.05, 0.1) is 7.11 Å². The third kappa shape index (κ3) is 4.18. The van der Waals surface area contributed by atoms with E-state index in [1.54, 1.807) is 54.5 Å². The Kier molecular flexibility index (Phi) is 5.48. The minimum absolute atomic E-state index is 0.141. The summed E-state index contributed by atoms with van der Waals surface area (Å²) >= 11 is 0. The van der Waals surface area contributed by atoms with Crippen LogP contribution in [0.25, 0.3) is 0 Å². The largest absolute Gasteiger partial charge is 0.497 e. The van der Waals surface area contributed by atoms with Crippen LogP contribution >= 0.6 is 0 Å². The number of piperazine rings is 1. The van der Waals surface area contributed by atoms with Gasteiger partial charge in [-0.15, -0.1) is 0 Å². The molecule has 1 aromatic heterocycles. The molecule has 1 aromatic carbocycles. The summed E-state index contributed by atoms with van der Waals surface area (Å²) in [4.78, 5) is 33.2. The van der Waals surface area contributed by atoms with Crippen molar-refractivity contribution in [3.8, 4) is 5.75 Å². The van der Waals surface area contributed by atoms with E-state index in [-0.39, 0.29) is 23.2 Å². The molecule has 0 saturated carbocycles. The van der Waals surface area contributed by atoms with Crippen LogP contribution in [0.3, 0.4) is 0 Å². The number of amides is 2. The van der Waals surface area contributed by atoms with E-state index in [0.29, 0.717) is 24.5 Å². The molecule has 2 heterocycles. The van der Waals surface area contributed by atoms with Crippen LogP contribution in [0.15, 0.2) is 42.5 Å². The molecule has 2 amide bonds. The Morgan fingerprint density at radius 1 is 1.00 bits per heavy atom. The molecule has 2 aromatic rings. The summed E-state index contributed by atoms with van der Waals surface area (Å²) in [6.07, 6.45) is 0. The van der Waals surface area contributed by atoms with Gasteiger partial charge in [0.25, 0.3) is 11.8 Å². The molecule has 1 saturated heterocycles. The van der Waals surface area contributed by atoms with Gasteiger partial charge < -0.3 is 19.9 Å². The molecule has 7 nitrogen and oxygen atoms in total. The summed E-state index contributed by atoms with van der Waals surface area (Å²) in [5.41, 5.74) is 1.13. The first-order valence-corrected chi connectivity index (χ1v) is 8.47. The van der Waals surface area contributed by atoms with Crippen molar-refractivity contribution in [2.75, 3.05) is 45.7 Å². The summed E-state index contributed by atoms with van der Waals surface area (Å²) in [5.74, 6) is 0.210. The lowest BCUT2D eigenvalue weighted by atomic mass is 10.2. The Bertz CT molecular complexity index is 784. The van der Waals surface area contributed by atoms with Gasteiger partial charge in [-0.25, -0.2) is 4.98 Å². The Hall–Kier alpha value is -2.93. The third-order valence-corrected chi connectivity index (χ3v) is 4.34. The fourth-order valence-corrected chi connectivity index (χ4v) is 2.72. The van der Waals surface area contributed by atoms with E-state index in [2.05, 4.69) is 15.2 Å². The smallest absolute Gasteiger partial charge is 0.274 e. The highest BCUT2D eigenvalue weighted by Crippen LogP contribution is 2.16. The Morgan fingerprint density at radius 3 is 2.31 bits per heavy atom. The van der Waals surface area contributed by atoms with E-state index in [1.807, 2.05) is 7.05 Å². The Balaban J connectivity index is 1.69. The SMILES string of the molecule is COc1ccc(NC(=O)c2cccc(C(=O)N3CCN(C)CC3)n2)cc1. The number of nitrogens with zero attached hydrogens (tertiary/aromatic N) is 3. The molecule has 3 rings (SSSR count). The zero-order valence-corrected chi connectivity index (χ0v) is 14.9. The van der Waals surface area contributed by atoms with Gasteiger partial charge in [-0.2, -0.15) is 0 Å². The fourth-order valence-electron chi connectivity index (χ4n) is 2.72. The van der Waals surface area contributed by atoms with Crippen molar-refractivity contribution in [3.05, 3.63) is 53.9 Å². The van der Waals surface area contributed by atoms with E-state index < -0.39 is 0 Å². The number of anilines is 1. The second-order valence-electron chi connectivity index (χ2n) is 6.19. The lowest BCUT2D eigenvalue weighted by Crippen LogP contribution is -2.47. The zero-order valence-electron chi connectivity index (χ0n) is 14.9. The van der Waals surface area contributed by atoms with E-state index in [4.69, 9.17) is 4.74 Å². The molecule has 0 unspecified atom stereocenters. The molecule has 26 heavy (non-hydrogen) atoms. The maximum Gasteiger partial charge on any atom is 0.274 e. The molecular formula is C19H22N4O3. The second kappa shape index (κ2) is 7.97. The lowest BCUT2D eigenvalue weighted by molar-refractivity contribution is 0.0658. The molecule has 1 aliphatic rings. The maximum absolute atomic E-state index is 12.6. The van der Waals surface area contributed by atoms with E-state index in [1.165, 1.54) is 0 Å². The van der Waals surface area contributed by atoms with Gasteiger partial charge in [-0.3, -0.25) is 9.59 Å². The molecule has 0 radical (unpaired) electrons. The molecule has 0 aliphatic carbocycles. The molecule has 1 aliphatic heterocycles. The summed E-state index contributed by atoms with van der Waals surface area (Å²) in [6.45, 7) is 3.01. The first-order chi connectivity index (χ1) is 12.6. The van der Waals surface area contributed by atoms with E-state index in [9.17, 15) is 9.59 Å². The monoisotopic (exact) mass is 354 g/mol. The summed E-state index contributed by atoms with van der Waals surface area (Å²) in [5, 5.41) is 2.77.